The molecule has 0 aromatic rings. The average molecular weight is 241 g/mol. The molecule has 0 spiro atoms. The van der Waals surface area contributed by atoms with E-state index in [2.05, 4.69) is 12.2 Å². The predicted octanol–water partition coefficient (Wildman–Crippen LogP) is 3.05. The van der Waals surface area contributed by atoms with E-state index < -0.39 is 11.4 Å². The van der Waals surface area contributed by atoms with Crippen molar-refractivity contribution in [2.24, 2.45) is 11.3 Å². The minimum Gasteiger partial charge on any atom is -0.481 e. The van der Waals surface area contributed by atoms with E-state index in [9.17, 15) is 4.79 Å². The summed E-state index contributed by atoms with van der Waals surface area (Å²) in [7, 11) is 0. The summed E-state index contributed by atoms with van der Waals surface area (Å²) < 4.78 is 0. The van der Waals surface area contributed by atoms with Crippen molar-refractivity contribution in [1.82, 2.24) is 5.32 Å². The molecule has 0 radical (unpaired) electrons. The van der Waals surface area contributed by atoms with Crippen LogP contribution in [0.25, 0.3) is 0 Å². The van der Waals surface area contributed by atoms with Gasteiger partial charge in [-0.25, -0.2) is 0 Å². The molecule has 3 nitrogen and oxygen atoms in total. The second-order valence-electron chi connectivity index (χ2n) is 6.03. The van der Waals surface area contributed by atoms with Crippen LogP contribution in [-0.4, -0.2) is 23.7 Å². The minimum atomic E-state index is -0.700. The van der Waals surface area contributed by atoms with Gasteiger partial charge in [-0.15, -0.1) is 0 Å². The Morgan fingerprint density at radius 2 is 2.12 bits per heavy atom. The number of carbonyl (C=O) groups is 1. The maximum absolute atomic E-state index is 11.0. The molecule has 2 N–H and O–H groups in total. The molecule has 17 heavy (non-hydrogen) atoms. The van der Waals surface area contributed by atoms with E-state index in [0.29, 0.717) is 12.5 Å². The maximum Gasteiger partial charge on any atom is 0.309 e. The van der Waals surface area contributed by atoms with E-state index in [-0.39, 0.29) is 0 Å². The average Bonchev–Trinajstić information content (AvgIpc) is 2.29. The van der Waals surface area contributed by atoms with Gasteiger partial charge >= 0.3 is 5.97 Å². The lowest BCUT2D eigenvalue weighted by atomic mass is 9.84. The zero-order chi connectivity index (χ0) is 12.9. The van der Waals surface area contributed by atoms with Gasteiger partial charge in [0.1, 0.15) is 0 Å². The van der Waals surface area contributed by atoms with Crippen LogP contribution in [0.2, 0.25) is 0 Å². The Labute approximate surface area is 105 Å². The Kier molecular flexibility index (Phi) is 5.44. The summed E-state index contributed by atoms with van der Waals surface area (Å²) in [5, 5.41) is 12.6. The Hall–Kier alpha value is -0.570. The van der Waals surface area contributed by atoms with Gasteiger partial charge in [-0.2, -0.15) is 0 Å². The van der Waals surface area contributed by atoms with E-state index in [4.69, 9.17) is 5.11 Å². The molecule has 0 aromatic carbocycles. The first-order valence-electron chi connectivity index (χ1n) is 6.92. The van der Waals surface area contributed by atoms with Crippen LogP contribution in [0.4, 0.5) is 0 Å². The summed E-state index contributed by atoms with van der Waals surface area (Å²) in [6.07, 6.45) is 7.19. The van der Waals surface area contributed by atoms with Gasteiger partial charge in [0.15, 0.2) is 0 Å². The number of nitrogens with one attached hydrogen (secondary N) is 1. The number of rotatable bonds is 6. The summed E-state index contributed by atoms with van der Waals surface area (Å²) in [4.78, 5) is 11.0. The molecule has 1 aliphatic rings. The molecule has 1 saturated carbocycles. The molecule has 1 aliphatic carbocycles. The van der Waals surface area contributed by atoms with Crippen LogP contribution in [0.15, 0.2) is 0 Å². The van der Waals surface area contributed by atoms with Crippen LogP contribution in [0, 0.1) is 11.3 Å². The van der Waals surface area contributed by atoms with Crippen molar-refractivity contribution in [2.45, 2.75) is 65.3 Å². The third kappa shape index (κ3) is 4.66. The zero-order valence-corrected chi connectivity index (χ0v) is 11.5. The van der Waals surface area contributed by atoms with E-state index in [1.165, 1.54) is 32.1 Å². The topological polar surface area (TPSA) is 49.3 Å². The first-order valence-corrected chi connectivity index (χ1v) is 6.92. The van der Waals surface area contributed by atoms with Gasteiger partial charge < -0.3 is 10.4 Å². The largest absolute Gasteiger partial charge is 0.481 e. The first kappa shape index (κ1) is 14.5. The first-order chi connectivity index (χ1) is 7.95. The van der Waals surface area contributed by atoms with Gasteiger partial charge in [-0.3, -0.25) is 4.79 Å². The molecule has 0 aliphatic heterocycles. The Morgan fingerprint density at radius 1 is 1.41 bits per heavy atom. The highest BCUT2D eigenvalue weighted by Gasteiger charge is 2.27. The fourth-order valence-corrected chi connectivity index (χ4v) is 2.54. The third-order valence-corrected chi connectivity index (χ3v) is 4.12. The van der Waals surface area contributed by atoms with Crippen molar-refractivity contribution in [1.29, 1.82) is 0 Å². The SMILES string of the molecule is CCC1CCCC(NCCC(C)(C)C(=O)O)C1. The molecule has 0 aromatic heterocycles. The normalized spacial score (nSPS) is 25.8. The number of carboxylic acids is 1. The smallest absolute Gasteiger partial charge is 0.309 e. The molecule has 0 amide bonds. The second kappa shape index (κ2) is 6.39. The monoisotopic (exact) mass is 241 g/mol. The van der Waals surface area contributed by atoms with Crippen molar-refractivity contribution in [3.8, 4) is 0 Å². The number of aliphatic carboxylic acids is 1. The van der Waals surface area contributed by atoms with Gasteiger partial charge in [0.25, 0.3) is 0 Å². The van der Waals surface area contributed by atoms with Crippen molar-refractivity contribution in [3.63, 3.8) is 0 Å². The molecule has 0 bridgehead atoms. The maximum atomic E-state index is 11.0. The fraction of sp³-hybridized carbons (Fsp3) is 0.929. The van der Waals surface area contributed by atoms with Gasteiger partial charge in [0.05, 0.1) is 5.41 Å². The van der Waals surface area contributed by atoms with Crippen LogP contribution in [0.5, 0.6) is 0 Å². The molecule has 2 atom stereocenters. The standard InChI is InChI=1S/C14H27NO2/c1-4-11-6-5-7-12(10-11)15-9-8-14(2,3)13(16)17/h11-12,15H,4-10H2,1-3H3,(H,16,17). The van der Waals surface area contributed by atoms with Crippen LogP contribution < -0.4 is 5.32 Å². The number of carboxylic acid groups (broad SMARTS) is 1. The van der Waals surface area contributed by atoms with Gasteiger partial charge in [-0.05, 0) is 45.6 Å². The second-order valence-corrected chi connectivity index (χ2v) is 6.03. The van der Waals surface area contributed by atoms with Crippen LogP contribution in [-0.2, 0) is 4.79 Å². The summed E-state index contributed by atoms with van der Waals surface area (Å²) in [6.45, 7) is 6.68. The van der Waals surface area contributed by atoms with Gasteiger partial charge in [-0.1, -0.05) is 26.2 Å². The van der Waals surface area contributed by atoms with E-state index in [1.54, 1.807) is 13.8 Å². The van der Waals surface area contributed by atoms with Crippen LogP contribution >= 0.6 is 0 Å². The highest BCUT2D eigenvalue weighted by molar-refractivity contribution is 5.73. The molecule has 2 unspecified atom stereocenters. The molecule has 100 valence electrons. The molecular formula is C14H27NO2. The summed E-state index contributed by atoms with van der Waals surface area (Å²) in [5.74, 6) is 0.170. The zero-order valence-electron chi connectivity index (χ0n) is 11.5. The molecule has 3 heteroatoms. The quantitative estimate of drug-likeness (QED) is 0.751. The van der Waals surface area contributed by atoms with Gasteiger partial charge in [0.2, 0.25) is 0 Å². The summed E-state index contributed by atoms with van der Waals surface area (Å²) in [6, 6.07) is 0.610. The molecule has 1 fully saturated rings. The van der Waals surface area contributed by atoms with E-state index >= 15 is 0 Å². The summed E-state index contributed by atoms with van der Waals surface area (Å²) >= 11 is 0. The van der Waals surface area contributed by atoms with Crippen LogP contribution in [0.3, 0.4) is 0 Å². The Balaban J connectivity index is 2.24. The highest BCUT2D eigenvalue weighted by atomic mass is 16.4. The van der Waals surface area contributed by atoms with Crippen molar-refractivity contribution >= 4 is 5.97 Å². The lowest BCUT2D eigenvalue weighted by Crippen LogP contribution is -2.37. The van der Waals surface area contributed by atoms with Gasteiger partial charge in [0, 0.05) is 6.04 Å². The lowest BCUT2D eigenvalue weighted by Gasteiger charge is -2.30. The predicted molar refractivity (Wildman–Crippen MR) is 70.1 cm³/mol. The number of hydrogen-bond donors (Lipinski definition) is 2. The van der Waals surface area contributed by atoms with E-state index in [0.717, 1.165) is 12.5 Å². The van der Waals surface area contributed by atoms with Crippen LogP contribution in [0.1, 0.15) is 59.3 Å². The third-order valence-electron chi connectivity index (χ3n) is 4.12. The molecule has 1 rings (SSSR count). The van der Waals surface area contributed by atoms with Crippen molar-refractivity contribution in [2.75, 3.05) is 6.54 Å². The lowest BCUT2D eigenvalue weighted by molar-refractivity contribution is -0.147. The van der Waals surface area contributed by atoms with E-state index in [1.807, 2.05) is 0 Å². The highest BCUT2D eigenvalue weighted by Crippen LogP contribution is 2.27. The Bertz CT molecular complexity index is 251. The number of hydrogen-bond acceptors (Lipinski definition) is 2. The summed E-state index contributed by atoms with van der Waals surface area (Å²) in [5.41, 5.74) is -0.605. The van der Waals surface area contributed by atoms with Crippen molar-refractivity contribution in [3.05, 3.63) is 0 Å². The molecule has 0 saturated heterocycles. The van der Waals surface area contributed by atoms with Crippen molar-refractivity contribution < 1.29 is 9.90 Å². The molecular weight excluding hydrogens is 214 g/mol. The fourth-order valence-electron chi connectivity index (χ4n) is 2.54. The Morgan fingerprint density at radius 3 is 2.71 bits per heavy atom. The molecule has 0 heterocycles. The minimum absolute atomic E-state index is 0.605.